The largest absolute Gasteiger partial charge is 0.452 e. The summed E-state index contributed by atoms with van der Waals surface area (Å²) in [5, 5.41) is 2.61. The Morgan fingerprint density at radius 3 is 2.18 bits per heavy atom. The van der Waals surface area contributed by atoms with Gasteiger partial charge in [-0.3, -0.25) is 19.2 Å². The normalized spacial score (nSPS) is 17.5. The molecule has 1 aliphatic carbocycles. The van der Waals surface area contributed by atoms with Crippen LogP contribution in [0.2, 0.25) is 0 Å². The Bertz CT molecular complexity index is 1290. The molecule has 0 radical (unpaired) electrons. The van der Waals surface area contributed by atoms with Crippen LogP contribution in [0.5, 0.6) is 0 Å². The Morgan fingerprint density at radius 1 is 0.971 bits per heavy atom. The van der Waals surface area contributed by atoms with Crippen molar-refractivity contribution in [3.63, 3.8) is 0 Å². The number of ketones is 2. The quantitative estimate of drug-likeness (QED) is 0.549. The van der Waals surface area contributed by atoms with Gasteiger partial charge in [0, 0.05) is 29.8 Å². The fraction of sp³-hybridized carbons (Fsp3) is 0.333. The molecular weight excluding hydrogens is 460 g/mol. The van der Waals surface area contributed by atoms with E-state index in [0.29, 0.717) is 18.4 Å². The van der Waals surface area contributed by atoms with Crippen LogP contribution in [-0.4, -0.2) is 61.6 Å². The number of rotatable bonds is 5. The number of benzene rings is 2. The SMILES string of the molecule is CC(OC(=O)C1CCN(S(C)(=O)=O)CC1)C(=O)Nc1cccc2c1C(=O)c1ccccc1C2=O. The number of piperidine rings is 1. The predicted molar refractivity (Wildman–Crippen MR) is 123 cm³/mol. The predicted octanol–water partition coefficient (Wildman–Crippen LogP) is 2.00. The monoisotopic (exact) mass is 484 g/mol. The maximum Gasteiger partial charge on any atom is 0.309 e. The van der Waals surface area contributed by atoms with Crippen molar-refractivity contribution in [1.82, 2.24) is 4.31 Å². The van der Waals surface area contributed by atoms with E-state index in [4.69, 9.17) is 4.74 Å². The average Bonchev–Trinajstić information content (AvgIpc) is 2.82. The van der Waals surface area contributed by atoms with Crippen molar-refractivity contribution < 1.29 is 32.3 Å². The summed E-state index contributed by atoms with van der Waals surface area (Å²) in [4.78, 5) is 51.2. The molecule has 0 spiro atoms. The first-order valence-corrected chi connectivity index (χ1v) is 12.7. The molecule has 2 aliphatic rings. The molecule has 1 unspecified atom stereocenters. The molecule has 0 aromatic heterocycles. The van der Waals surface area contributed by atoms with Crippen LogP contribution in [0.25, 0.3) is 0 Å². The number of amides is 1. The van der Waals surface area contributed by atoms with Crippen molar-refractivity contribution in [2.45, 2.75) is 25.9 Å². The molecule has 1 heterocycles. The lowest BCUT2D eigenvalue weighted by atomic mass is 9.83. The number of nitrogens with zero attached hydrogens (tertiary/aromatic N) is 1. The number of anilines is 1. The second-order valence-corrected chi connectivity index (χ2v) is 10.4. The molecule has 2 aromatic carbocycles. The van der Waals surface area contributed by atoms with E-state index < -0.39 is 33.9 Å². The van der Waals surface area contributed by atoms with Gasteiger partial charge in [0.05, 0.1) is 23.4 Å². The molecule has 9 nitrogen and oxygen atoms in total. The average molecular weight is 485 g/mol. The number of fused-ring (bicyclic) bond motifs is 2. The van der Waals surface area contributed by atoms with Crippen molar-refractivity contribution >= 4 is 39.2 Å². The molecular formula is C24H24N2O7S. The fourth-order valence-corrected chi connectivity index (χ4v) is 5.10. The lowest BCUT2D eigenvalue weighted by Gasteiger charge is -2.29. The van der Waals surface area contributed by atoms with Gasteiger partial charge in [-0.25, -0.2) is 12.7 Å². The summed E-state index contributed by atoms with van der Waals surface area (Å²) in [5.41, 5.74) is 1.05. The summed E-state index contributed by atoms with van der Waals surface area (Å²) in [6.45, 7) is 1.84. The van der Waals surface area contributed by atoms with E-state index in [9.17, 15) is 27.6 Å². The van der Waals surface area contributed by atoms with Crippen LogP contribution in [0, 0.1) is 5.92 Å². The summed E-state index contributed by atoms with van der Waals surface area (Å²) >= 11 is 0. The highest BCUT2D eigenvalue weighted by Gasteiger charge is 2.34. The summed E-state index contributed by atoms with van der Waals surface area (Å²) < 4.78 is 29.9. The summed E-state index contributed by atoms with van der Waals surface area (Å²) in [6.07, 6.45) is 0.584. The van der Waals surface area contributed by atoms with Gasteiger partial charge in [-0.2, -0.15) is 0 Å². The number of ether oxygens (including phenoxy) is 1. The van der Waals surface area contributed by atoms with Crippen LogP contribution < -0.4 is 5.32 Å². The Hall–Kier alpha value is -3.37. The molecule has 2 aromatic rings. The number of hydrogen-bond acceptors (Lipinski definition) is 7. The Morgan fingerprint density at radius 2 is 1.56 bits per heavy atom. The van der Waals surface area contributed by atoms with Gasteiger partial charge in [-0.05, 0) is 25.8 Å². The van der Waals surface area contributed by atoms with E-state index in [1.807, 2.05) is 0 Å². The van der Waals surface area contributed by atoms with Crippen LogP contribution in [0.4, 0.5) is 5.69 Å². The highest BCUT2D eigenvalue weighted by Crippen LogP contribution is 2.32. The number of carbonyl (C=O) groups is 4. The van der Waals surface area contributed by atoms with Crippen LogP contribution in [-0.2, 0) is 24.3 Å². The first-order chi connectivity index (χ1) is 16.1. The standard InChI is InChI=1S/C24H24N2O7S/c1-14(33-24(30)15-10-12-26(13-11-15)34(2,31)32)23(29)25-19-9-5-8-18-20(19)22(28)17-7-4-3-6-16(17)21(18)27/h3-9,14-15H,10-13H2,1-2H3,(H,25,29). The lowest BCUT2D eigenvalue weighted by molar-refractivity contribution is -0.158. The highest BCUT2D eigenvalue weighted by atomic mass is 32.2. The van der Waals surface area contributed by atoms with E-state index >= 15 is 0 Å². The molecule has 1 atom stereocenters. The molecule has 1 N–H and O–H groups in total. The van der Waals surface area contributed by atoms with Gasteiger partial charge in [0.2, 0.25) is 10.0 Å². The third kappa shape index (κ3) is 4.51. The van der Waals surface area contributed by atoms with Gasteiger partial charge in [-0.1, -0.05) is 36.4 Å². The van der Waals surface area contributed by atoms with Gasteiger partial charge in [0.1, 0.15) is 0 Å². The maximum atomic E-state index is 13.1. The zero-order valence-corrected chi connectivity index (χ0v) is 19.6. The molecule has 4 rings (SSSR count). The second kappa shape index (κ2) is 9.11. The smallest absolute Gasteiger partial charge is 0.309 e. The van der Waals surface area contributed by atoms with Crippen molar-refractivity contribution in [3.8, 4) is 0 Å². The Kier molecular flexibility index (Phi) is 6.37. The van der Waals surface area contributed by atoms with Gasteiger partial charge in [-0.15, -0.1) is 0 Å². The topological polar surface area (TPSA) is 127 Å². The van der Waals surface area contributed by atoms with Crippen molar-refractivity contribution in [2.75, 3.05) is 24.7 Å². The summed E-state index contributed by atoms with van der Waals surface area (Å²) in [5.74, 6) is -2.40. The highest BCUT2D eigenvalue weighted by molar-refractivity contribution is 7.88. The first-order valence-electron chi connectivity index (χ1n) is 10.9. The summed E-state index contributed by atoms with van der Waals surface area (Å²) in [7, 11) is -3.32. The molecule has 178 valence electrons. The van der Waals surface area contributed by atoms with Crippen LogP contribution in [0.1, 0.15) is 51.6 Å². The van der Waals surface area contributed by atoms with Crippen LogP contribution in [0.3, 0.4) is 0 Å². The van der Waals surface area contributed by atoms with Crippen molar-refractivity contribution in [3.05, 3.63) is 64.7 Å². The third-order valence-electron chi connectivity index (χ3n) is 6.13. The van der Waals surface area contributed by atoms with Gasteiger partial charge in [0.25, 0.3) is 5.91 Å². The van der Waals surface area contributed by atoms with E-state index in [1.165, 1.54) is 23.4 Å². The molecule has 10 heteroatoms. The first kappa shape index (κ1) is 23.8. The molecule has 1 amide bonds. The molecule has 1 aliphatic heterocycles. The van der Waals surface area contributed by atoms with E-state index in [-0.39, 0.29) is 47.0 Å². The van der Waals surface area contributed by atoms with Crippen LogP contribution >= 0.6 is 0 Å². The molecule has 0 bridgehead atoms. The minimum absolute atomic E-state index is 0.103. The van der Waals surface area contributed by atoms with E-state index in [1.54, 1.807) is 30.3 Å². The van der Waals surface area contributed by atoms with Gasteiger partial charge < -0.3 is 10.1 Å². The second-order valence-electron chi connectivity index (χ2n) is 8.44. The molecule has 1 saturated heterocycles. The number of sulfonamides is 1. The summed E-state index contributed by atoms with van der Waals surface area (Å²) in [6, 6.07) is 11.1. The third-order valence-corrected chi connectivity index (χ3v) is 7.43. The van der Waals surface area contributed by atoms with Crippen LogP contribution in [0.15, 0.2) is 42.5 Å². The molecule has 34 heavy (non-hydrogen) atoms. The number of carbonyl (C=O) groups excluding carboxylic acids is 4. The number of hydrogen-bond donors (Lipinski definition) is 1. The lowest BCUT2D eigenvalue weighted by Crippen LogP contribution is -2.41. The Balaban J connectivity index is 1.44. The maximum absolute atomic E-state index is 13.1. The minimum Gasteiger partial charge on any atom is -0.452 e. The zero-order valence-electron chi connectivity index (χ0n) is 18.7. The fourth-order valence-electron chi connectivity index (χ4n) is 4.23. The number of nitrogens with one attached hydrogen (secondary N) is 1. The van der Waals surface area contributed by atoms with E-state index in [2.05, 4.69) is 5.32 Å². The minimum atomic E-state index is -3.32. The molecule has 1 fully saturated rings. The van der Waals surface area contributed by atoms with Crippen molar-refractivity contribution in [1.29, 1.82) is 0 Å². The Labute approximate surface area is 197 Å². The number of esters is 1. The van der Waals surface area contributed by atoms with E-state index in [0.717, 1.165) is 6.26 Å². The van der Waals surface area contributed by atoms with Gasteiger partial charge in [0.15, 0.2) is 17.7 Å². The van der Waals surface area contributed by atoms with Crippen molar-refractivity contribution in [2.24, 2.45) is 5.92 Å². The zero-order chi connectivity index (χ0) is 24.6. The van der Waals surface area contributed by atoms with Gasteiger partial charge >= 0.3 is 5.97 Å². The molecule has 0 saturated carbocycles.